The molecule has 0 saturated carbocycles. The molecule has 0 radical (unpaired) electrons. The van der Waals surface area contributed by atoms with Gasteiger partial charge in [-0.2, -0.15) is 0 Å². The van der Waals surface area contributed by atoms with Gasteiger partial charge in [0.15, 0.2) is 0 Å². The first kappa shape index (κ1) is 15.6. The molecule has 1 rings (SSSR count). The van der Waals surface area contributed by atoms with Gasteiger partial charge in [-0.3, -0.25) is 0 Å². The van der Waals surface area contributed by atoms with Crippen LogP contribution < -0.4 is 4.72 Å². The molecule has 1 aromatic heterocycles. The van der Waals surface area contributed by atoms with Gasteiger partial charge >= 0.3 is 0 Å². The molecule has 0 aliphatic heterocycles. The van der Waals surface area contributed by atoms with Crippen molar-refractivity contribution in [3.05, 3.63) is 16.3 Å². The summed E-state index contributed by atoms with van der Waals surface area (Å²) in [7, 11) is -3.44. The normalized spacial score (nSPS) is 12.2. The van der Waals surface area contributed by atoms with Gasteiger partial charge in [-0.25, -0.2) is 13.1 Å². The standard InChI is InChI=1S/C11H20N2O3S2/c1-3-13(4-2)6-5-12-18(15,16)11-7-10(8-14)17-9-11/h7,9,12,14H,3-6,8H2,1-2H3. The Bertz CT molecular complexity index is 453. The summed E-state index contributed by atoms with van der Waals surface area (Å²) in [6.07, 6.45) is 0. The Morgan fingerprint density at radius 2 is 2.06 bits per heavy atom. The summed E-state index contributed by atoms with van der Waals surface area (Å²) < 4.78 is 26.4. The van der Waals surface area contributed by atoms with Crippen molar-refractivity contribution in [3.8, 4) is 0 Å². The zero-order valence-electron chi connectivity index (χ0n) is 10.7. The van der Waals surface area contributed by atoms with Crippen LogP contribution in [0.25, 0.3) is 0 Å². The molecular formula is C11H20N2O3S2. The van der Waals surface area contributed by atoms with Crippen molar-refractivity contribution in [2.24, 2.45) is 0 Å². The van der Waals surface area contributed by atoms with Crippen LogP contribution in [0.5, 0.6) is 0 Å². The second-order valence-corrected chi connectivity index (χ2v) is 6.59. The number of thiophene rings is 1. The molecule has 0 aliphatic rings. The van der Waals surface area contributed by atoms with Crippen LogP contribution in [0.2, 0.25) is 0 Å². The topological polar surface area (TPSA) is 69.6 Å². The minimum atomic E-state index is -3.44. The van der Waals surface area contributed by atoms with Crippen LogP contribution in [0.15, 0.2) is 16.3 Å². The third-order valence-corrected chi connectivity index (χ3v) is 5.22. The molecule has 18 heavy (non-hydrogen) atoms. The van der Waals surface area contributed by atoms with Crippen LogP contribution in [0.1, 0.15) is 18.7 Å². The fourth-order valence-corrected chi connectivity index (χ4v) is 3.70. The molecular weight excluding hydrogens is 272 g/mol. The molecule has 0 bridgehead atoms. The average molecular weight is 292 g/mol. The summed E-state index contributed by atoms with van der Waals surface area (Å²) in [4.78, 5) is 3.03. The molecule has 0 aromatic carbocycles. The van der Waals surface area contributed by atoms with Gasteiger partial charge in [-0.15, -0.1) is 11.3 Å². The number of sulfonamides is 1. The second-order valence-electron chi connectivity index (χ2n) is 3.83. The highest BCUT2D eigenvalue weighted by atomic mass is 32.2. The van der Waals surface area contributed by atoms with E-state index in [0.29, 0.717) is 18.0 Å². The van der Waals surface area contributed by atoms with Gasteiger partial charge in [0.25, 0.3) is 0 Å². The van der Waals surface area contributed by atoms with Crippen molar-refractivity contribution in [1.29, 1.82) is 0 Å². The van der Waals surface area contributed by atoms with E-state index >= 15 is 0 Å². The van der Waals surface area contributed by atoms with Crippen LogP contribution in [-0.4, -0.2) is 44.6 Å². The van der Waals surface area contributed by atoms with Crippen molar-refractivity contribution in [3.63, 3.8) is 0 Å². The first-order valence-electron chi connectivity index (χ1n) is 5.93. The Balaban J connectivity index is 2.54. The summed E-state index contributed by atoms with van der Waals surface area (Å²) in [6, 6.07) is 1.50. The largest absolute Gasteiger partial charge is 0.391 e. The highest BCUT2D eigenvalue weighted by Gasteiger charge is 2.15. The van der Waals surface area contributed by atoms with Gasteiger partial charge in [0.05, 0.1) is 11.5 Å². The highest BCUT2D eigenvalue weighted by molar-refractivity contribution is 7.89. The lowest BCUT2D eigenvalue weighted by molar-refractivity contribution is 0.285. The van der Waals surface area contributed by atoms with Gasteiger partial charge in [-0.1, -0.05) is 13.8 Å². The quantitative estimate of drug-likeness (QED) is 0.745. The first-order valence-corrected chi connectivity index (χ1v) is 8.30. The van der Waals surface area contributed by atoms with Crippen molar-refractivity contribution in [2.75, 3.05) is 26.2 Å². The number of hydrogen-bond donors (Lipinski definition) is 2. The third-order valence-electron chi connectivity index (χ3n) is 2.71. The SMILES string of the molecule is CCN(CC)CCNS(=O)(=O)c1csc(CO)c1. The van der Waals surface area contributed by atoms with E-state index in [9.17, 15) is 8.42 Å². The Morgan fingerprint density at radius 3 is 2.56 bits per heavy atom. The van der Waals surface area contributed by atoms with Crippen LogP contribution in [-0.2, 0) is 16.6 Å². The van der Waals surface area contributed by atoms with Crippen molar-refractivity contribution in [2.45, 2.75) is 25.3 Å². The van der Waals surface area contributed by atoms with E-state index in [1.54, 1.807) is 5.38 Å². The summed E-state index contributed by atoms with van der Waals surface area (Å²) in [6.45, 7) is 6.88. The van der Waals surface area contributed by atoms with Gasteiger partial charge in [-0.05, 0) is 19.2 Å². The first-order chi connectivity index (χ1) is 8.53. The number of likely N-dealkylation sites (N-methyl/N-ethyl adjacent to an activating group) is 1. The molecule has 0 unspecified atom stereocenters. The summed E-state index contributed by atoms with van der Waals surface area (Å²) in [5, 5.41) is 10.5. The Morgan fingerprint density at radius 1 is 1.39 bits per heavy atom. The van der Waals surface area contributed by atoms with Crippen LogP contribution in [0, 0.1) is 0 Å². The fourth-order valence-electron chi connectivity index (χ4n) is 1.55. The van der Waals surface area contributed by atoms with E-state index in [2.05, 4.69) is 9.62 Å². The number of nitrogens with one attached hydrogen (secondary N) is 1. The van der Waals surface area contributed by atoms with Gasteiger partial charge in [0.1, 0.15) is 0 Å². The molecule has 7 heteroatoms. The monoisotopic (exact) mass is 292 g/mol. The van der Waals surface area contributed by atoms with Crippen LogP contribution in [0.3, 0.4) is 0 Å². The molecule has 0 spiro atoms. The van der Waals surface area contributed by atoms with Gasteiger partial charge < -0.3 is 10.0 Å². The van der Waals surface area contributed by atoms with Crippen LogP contribution >= 0.6 is 11.3 Å². The van der Waals surface area contributed by atoms with Crippen LogP contribution in [0.4, 0.5) is 0 Å². The molecule has 0 aliphatic carbocycles. The molecule has 0 fully saturated rings. The Hall–Kier alpha value is -0.470. The summed E-state index contributed by atoms with van der Waals surface area (Å²) in [5.74, 6) is 0. The van der Waals surface area contributed by atoms with E-state index in [-0.39, 0.29) is 11.5 Å². The Labute approximate surface area is 112 Å². The van der Waals surface area contributed by atoms with E-state index < -0.39 is 10.0 Å². The minimum absolute atomic E-state index is 0.125. The lowest BCUT2D eigenvalue weighted by Crippen LogP contribution is -2.34. The molecule has 0 amide bonds. The zero-order chi connectivity index (χ0) is 13.6. The number of nitrogens with zero attached hydrogens (tertiary/aromatic N) is 1. The predicted molar refractivity (Wildman–Crippen MR) is 73.2 cm³/mol. The van der Waals surface area contributed by atoms with Crippen molar-refractivity contribution >= 4 is 21.4 Å². The van der Waals surface area contributed by atoms with E-state index in [1.165, 1.54) is 17.4 Å². The zero-order valence-corrected chi connectivity index (χ0v) is 12.4. The number of hydrogen-bond acceptors (Lipinski definition) is 5. The van der Waals surface area contributed by atoms with Crippen molar-refractivity contribution < 1.29 is 13.5 Å². The predicted octanol–water partition coefficient (Wildman–Crippen LogP) is 0.860. The maximum Gasteiger partial charge on any atom is 0.241 e. The van der Waals surface area contributed by atoms with E-state index in [4.69, 9.17) is 5.11 Å². The molecule has 1 aromatic rings. The number of rotatable bonds is 8. The number of aliphatic hydroxyl groups excluding tert-OH is 1. The summed E-state index contributed by atoms with van der Waals surface area (Å²) in [5.41, 5.74) is 0. The smallest absolute Gasteiger partial charge is 0.241 e. The maximum atomic E-state index is 11.9. The average Bonchev–Trinajstić information content (AvgIpc) is 2.84. The second kappa shape index (κ2) is 7.20. The maximum absolute atomic E-state index is 11.9. The molecule has 5 nitrogen and oxygen atoms in total. The molecule has 0 saturated heterocycles. The van der Waals surface area contributed by atoms with Gasteiger partial charge in [0.2, 0.25) is 10.0 Å². The summed E-state index contributed by atoms with van der Waals surface area (Å²) >= 11 is 1.25. The molecule has 1 heterocycles. The number of aliphatic hydroxyl groups is 1. The molecule has 0 atom stereocenters. The molecule has 2 N–H and O–H groups in total. The van der Waals surface area contributed by atoms with E-state index in [0.717, 1.165) is 13.1 Å². The van der Waals surface area contributed by atoms with Gasteiger partial charge in [0, 0.05) is 23.3 Å². The Kier molecular flexibility index (Phi) is 6.24. The highest BCUT2D eigenvalue weighted by Crippen LogP contribution is 2.18. The van der Waals surface area contributed by atoms with E-state index in [1.807, 2.05) is 13.8 Å². The lowest BCUT2D eigenvalue weighted by atomic mass is 10.5. The minimum Gasteiger partial charge on any atom is -0.391 e. The third kappa shape index (κ3) is 4.33. The van der Waals surface area contributed by atoms with Crippen molar-refractivity contribution in [1.82, 2.24) is 9.62 Å². The fraction of sp³-hybridized carbons (Fsp3) is 0.636. The lowest BCUT2D eigenvalue weighted by Gasteiger charge is -2.17. The molecule has 104 valence electrons.